The summed E-state index contributed by atoms with van der Waals surface area (Å²) in [6, 6.07) is 15.1. The van der Waals surface area contributed by atoms with Gasteiger partial charge in [-0.1, -0.05) is 48.0 Å². The predicted molar refractivity (Wildman–Crippen MR) is 84.9 cm³/mol. The monoisotopic (exact) mass is 317 g/mol. The number of halogens is 1. The van der Waals surface area contributed by atoms with Crippen LogP contribution in [0.5, 0.6) is 0 Å². The molecule has 2 aromatic rings. The van der Waals surface area contributed by atoms with E-state index in [1.807, 2.05) is 24.3 Å². The zero-order valence-corrected chi connectivity index (χ0v) is 12.8. The number of carbonyl (C=O) groups excluding carboxylic acids is 2. The molecule has 1 amide bonds. The van der Waals surface area contributed by atoms with E-state index in [-0.39, 0.29) is 12.3 Å². The van der Waals surface area contributed by atoms with Gasteiger partial charge in [0.25, 0.3) is 5.91 Å². The van der Waals surface area contributed by atoms with Crippen LogP contribution in [0.15, 0.2) is 54.6 Å². The molecule has 4 nitrogen and oxygen atoms in total. The summed E-state index contributed by atoms with van der Waals surface area (Å²) in [7, 11) is 1.29. The van der Waals surface area contributed by atoms with Crippen LogP contribution < -0.4 is 5.32 Å². The number of methoxy groups -OCH3 is 1. The quantitative estimate of drug-likeness (QED) is 0.863. The minimum Gasteiger partial charge on any atom is -0.467 e. The van der Waals surface area contributed by atoms with Gasteiger partial charge >= 0.3 is 5.97 Å². The molecule has 2 aromatic carbocycles. The third kappa shape index (κ3) is 4.09. The molecule has 0 fully saturated rings. The summed E-state index contributed by atoms with van der Waals surface area (Å²) in [4.78, 5) is 24.1. The highest BCUT2D eigenvalue weighted by Crippen LogP contribution is 2.17. The van der Waals surface area contributed by atoms with Crippen molar-refractivity contribution in [1.82, 2.24) is 5.32 Å². The first-order valence-electron chi connectivity index (χ1n) is 6.79. The molecule has 0 heterocycles. The number of benzene rings is 2. The second-order valence-electron chi connectivity index (χ2n) is 4.71. The lowest BCUT2D eigenvalue weighted by Gasteiger charge is -2.17. The molecule has 0 aliphatic heterocycles. The number of ether oxygens (including phenoxy) is 1. The Hall–Kier alpha value is -2.33. The molecular formula is C17H16ClNO3. The van der Waals surface area contributed by atoms with Crippen LogP contribution in [0.25, 0.3) is 0 Å². The lowest BCUT2D eigenvalue weighted by Crippen LogP contribution is -2.43. The van der Waals surface area contributed by atoms with E-state index in [9.17, 15) is 9.59 Å². The largest absolute Gasteiger partial charge is 0.467 e. The van der Waals surface area contributed by atoms with Gasteiger partial charge in [0.2, 0.25) is 0 Å². The van der Waals surface area contributed by atoms with Gasteiger partial charge in [-0.15, -0.1) is 0 Å². The fourth-order valence-electron chi connectivity index (χ4n) is 2.05. The van der Waals surface area contributed by atoms with E-state index < -0.39 is 12.0 Å². The minimum absolute atomic E-state index is 0.269. The van der Waals surface area contributed by atoms with Crippen molar-refractivity contribution in [2.45, 2.75) is 12.5 Å². The summed E-state index contributed by atoms with van der Waals surface area (Å²) in [5.74, 6) is -0.841. The second-order valence-corrected chi connectivity index (χ2v) is 5.12. The van der Waals surface area contributed by atoms with Crippen molar-refractivity contribution in [1.29, 1.82) is 0 Å². The van der Waals surface area contributed by atoms with Crippen LogP contribution >= 0.6 is 11.6 Å². The Morgan fingerprint density at radius 1 is 1.09 bits per heavy atom. The van der Waals surface area contributed by atoms with Crippen molar-refractivity contribution in [3.63, 3.8) is 0 Å². The molecule has 0 bridgehead atoms. The van der Waals surface area contributed by atoms with Crippen molar-refractivity contribution >= 4 is 23.5 Å². The number of hydrogen-bond donors (Lipinski definition) is 1. The lowest BCUT2D eigenvalue weighted by molar-refractivity contribution is -0.142. The Balaban J connectivity index is 2.15. The minimum atomic E-state index is -0.794. The zero-order chi connectivity index (χ0) is 15.9. The van der Waals surface area contributed by atoms with E-state index in [0.29, 0.717) is 10.6 Å². The van der Waals surface area contributed by atoms with E-state index in [2.05, 4.69) is 5.32 Å². The molecule has 114 valence electrons. The van der Waals surface area contributed by atoms with Gasteiger partial charge in [0, 0.05) is 17.0 Å². The molecule has 2 rings (SSSR count). The van der Waals surface area contributed by atoms with E-state index in [4.69, 9.17) is 16.3 Å². The maximum absolute atomic E-state index is 12.2. The van der Waals surface area contributed by atoms with Gasteiger partial charge < -0.3 is 10.1 Å². The highest BCUT2D eigenvalue weighted by atomic mass is 35.5. The van der Waals surface area contributed by atoms with E-state index in [0.717, 1.165) is 5.56 Å². The maximum Gasteiger partial charge on any atom is 0.328 e. The van der Waals surface area contributed by atoms with Crippen LogP contribution in [0.2, 0.25) is 5.02 Å². The van der Waals surface area contributed by atoms with Crippen LogP contribution in [0.1, 0.15) is 15.9 Å². The Labute approximate surface area is 134 Å². The molecule has 0 saturated carbocycles. The third-order valence-electron chi connectivity index (χ3n) is 3.21. The van der Waals surface area contributed by atoms with Crippen LogP contribution in [0.4, 0.5) is 0 Å². The number of hydrogen-bond acceptors (Lipinski definition) is 3. The average molecular weight is 318 g/mol. The third-order valence-corrected chi connectivity index (χ3v) is 3.58. The van der Waals surface area contributed by atoms with Crippen LogP contribution in [-0.2, 0) is 16.0 Å². The van der Waals surface area contributed by atoms with Gasteiger partial charge in [0.05, 0.1) is 7.11 Å². The molecule has 0 spiro atoms. The summed E-state index contributed by atoms with van der Waals surface area (Å²) in [5, 5.41) is 3.23. The lowest BCUT2D eigenvalue weighted by atomic mass is 10.1. The molecule has 1 N–H and O–H groups in total. The summed E-state index contributed by atoms with van der Waals surface area (Å²) < 4.78 is 4.76. The van der Waals surface area contributed by atoms with Crippen molar-refractivity contribution in [3.8, 4) is 0 Å². The van der Waals surface area contributed by atoms with Gasteiger partial charge in [-0.05, 0) is 23.8 Å². The molecule has 0 aliphatic carbocycles. The van der Waals surface area contributed by atoms with Crippen molar-refractivity contribution < 1.29 is 14.3 Å². The van der Waals surface area contributed by atoms with Crippen molar-refractivity contribution in [2.75, 3.05) is 7.11 Å². The van der Waals surface area contributed by atoms with Crippen molar-refractivity contribution in [2.24, 2.45) is 0 Å². The Kier molecular flexibility index (Phi) is 5.55. The molecule has 0 aromatic heterocycles. The molecule has 0 radical (unpaired) electrons. The molecule has 0 aliphatic rings. The first-order valence-corrected chi connectivity index (χ1v) is 7.16. The number of carbonyl (C=O) groups is 2. The van der Waals surface area contributed by atoms with Gasteiger partial charge in [-0.25, -0.2) is 4.79 Å². The summed E-state index contributed by atoms with van der Waals surface area (Å²) in [5.41, 5.74) is 1.25. The smallest absolute Gasteiger partial charge is 0.328 e. The topological polar surface area (TPSA) is 55.4 Å². The summed E-state index contributed by atoms with van der Waals surface area (Å²) >= 11 is 6.10. The standard InChI is InChI=1S/C17H16ClNO3/c1-22-17(21)15(11-13-9-5-6-10-14(13)18)19-16(20)12-7-3-2-4-8-12/h2-10,15H,11H2,1H3,(H,19,20). The molecular weight excluding hydrogens is 302 g/mol. The second kappa shape index (κ2) is 7.61. The summed E-state index contributed by atoms with van der Waals surface area (Å²) in [6.07, 6.45) is 0.269. The van der Waals surface area contributed by atoms with Crippen LogP contribution in [-0.4, -0.2) is 25.0 Å². The van der Waals surface area contributed by atoms with Gasteiger partial charge in [-0.3, -0.25) is 4.79 Å². The molecule has 5 heteroatoms. The van der Waals surface area contributed by atoms with Crippen molar-refractivity contribution in [3.05, 3.63) is 70.7 Å². The maximum atomic E-state index is 12.2. The SMILES string of the molecule is COC(=O)C(Cc1ccccc1Cl)NC(=O)c1ccccc1. The predicted octanol–water partition coefficient (Wildman–Crippen LogP) is 2.85. The Morgan fingerprint density at radius 3 is 2.36 bits per heavy atom. The van der Waals surface area contributed by atoms with Gasteiger partial charge in [0.15, 0.2) is 0 Å². The highest BCUT2D eigenvalue weighted by molar-refractivity contribution is 6.31. The normalized spacial score (nSPS) is 11.5. The first kappa shape index (κ1) is 16.0. The number of nitrogens with one attached hydrogen (secondary N) is 1. The van der Waals surface area contributed by atoms with Crippen LogP contribution in [0, 0.1) is 0 Å². The zero-order valence-electron chi connectivity index (χ0n) is 12.1. The number of amides is 1. The molecule has 1 unspecified atom stereocenters. The fourth-order valence-corrected chi connectivity index (χ4v) is 2.26. The Bertz CT molecular complexity index is 658. The highest BCUT2D eigenvalue weighted by Gasteiger charge is 2.23. The summed E-state index contributed by atoms with van der Waals surface area (Å²) in [6.45, 7) is 0. The first-order chi connectivity index (χ1) is 10.6. The number of rotatable bonds is 5. The Morgan fingerprint density at radius 2 is 1.73 bits per heavy atom. The fraction of sp³-hybridized carbons (Fsp3) is 0.176. The number of esters is 1. The molecule has 0 saturated heterocycles. The van der Waals surface area contributed by atoms with E-state index in [1.165, 1.54) is 7.11 Å². The average Bonchev–Trinajstić information content (AvgIpc) is 2.56. The molecule has 22 heavy (non-hydrogen) atoms. The van der Waals surface area contributed by atoms with Gasteiger partial charge in [-0.2, -0.15) is 0 Å². The van der Waals surface area contributed by atoms with Crippen LogP contribution in [0.3, 0.4) is 0 Å². The molecule has 1 atom stereocenters. The van der Waals surface area contributed by atoms with Gasteiger partial charge in [0.1, 0.15) is 6.04 Å². The van der Waals surface area contributed by atoms with E-state index >= 15 is 0 Å². The van der Waals surface area contributed by atoms with E-state index in [1.54, 1.807) is 30.3 Å².